The minimum Gasteiger partial charge on any atom is -0.480 e. The van der Waals surface area contributed by atoms with E-state index >= 15 is 0 Å². The average Bonchev–Trinajstić information content (AvgIpc) is 3.26. The minimum absolute atomic E-state index is 0.0714. The molecule has 0 bridgehead atoms. The Bertz CT molecular complexity index is 1020. The highest BCUT2D eigenvalue weighted by Crippen LogP contribution is 2.29. The number of aliphatic carboxylic acids is 1. The first-order valence-electron chi connectivity index (χ1n) is 9.64. The second-order valence-corrected chi connectivity index (χ2v) is 9.60. The Morgan fingerprint density at radius 1 is 1.10 bits per heavy atom. The lowest BCUT2D eigenvalue weighted by Gasteiger charge is -2.17. The summed E-state index contributed by atoms with van der Waals surface area (Å²) in [5.74, 6) is -0.536. The monoisotopic (exact) mass is 464 g/mol. The van der Waals surface area contributed by atoms with Gasteiger partial charge in [0.2, 0.25) is 0 Å². The average molecular weight is 465 g/mol. The fourth-order valence-electron chi connectivity index (χ4n) is 3.44. The third kappa shape index (κ3) is 5.42. The Kier molecular flexibility index (Phi) is 7.55. The van der Waals surface area contributed by atoms with Crippen LogP contribution in [0.3, 0.4) is 0 Å². The summed E-state index contributed by atoms with van der Waals surface area (Å²) in [6.45, 7) is 5.30. The SMILES string of the molecule is CC(S)Cn1ccnc1Cc1ccc(C(C(=O)O)c2nccn2CC(C)S)cc1Cl. The van der Waals surface area contributed by atoms with Crippen LogP contribution in [0.2, 0.25) is 5.02 Å². The second-order valence-electron chi connectivity index (χ2n) is 7.43. The molecule has 0 radical (unpaired) electrons. The molecule has 3 aromatic rings. The molecule has 9 heteroatoms. The van der Waals surface area contributed by atoms with Gasteiger partial charge in [-0.15, -0.1) is 0 Å². The van der Waals surface area contributed by atoms with Crippen LogP contribution >= 0.6 is 36.9 Å². The molecule has 30 heavy (non-hydrogen) atoms. The van der Waals surface area contributed by atoms with Gasteiger partial charge in [0.15, 0.2) is 0 Å². The molecule has 3 unspecified atom stereocenters. The summed E-state index contributed by atoms with van der Waals surface area (Å²) in [4.78, 5) is 20.8. The van der Waals surface area contributed by atoms with E-state index < -0.39 is 11.9 Å². The van der Waals surface area contributed by atoms with Crippen molar-refractivity contribution in [1.82, 2.24) is 19.1 Å². The molecule has 0 saturated heterocycles. The summed E-state index contributed by atoms with van der Waals surface area (Å²) in [6.07, 6.45) is 7.62. The van der Waals surface area contributed by atoms with Gasteiger partial charge >= 0.3 is 5.97 Å². The van der Waals surface area contributed by atoms with Crippen molar-refractivity contribution in [2.45, 2.75) is 49.8 Å². The molecule has 0 spiro atoms. The molecule has 160 valence electrons. The number of halogens is 1. The van der Waals surface area contributed by atoms with Crippen LogP contribution in [-0.4, -0.2) is 40.7 Å². The zero-order valence-electron chi connectivity index (χ0n) is 16.8. The molecule has 0 aliphatic carbocycles. The highest BCUT2D eigenvalue weighted by atomic mass is 35.5. The van der Waals surface area contributed by atoms with Crippen LogP contribution in [0.1, 0.15) is 42.5 Å². The first kappa shape index (κ1) is 22.8. The van der Waals surface area contributed by atoms with Crippen LogP contribution in [0, 0.1) is 0 Å². The highest BCUT2D eigenvalue weighted by molar-refractivity contribution is 7.81. The Balaban J connectivity index is 1.89. The topological polar surface area (TPSA) is 72.9 Å². The van der Waals surface area contributed by atoms with Gasteiger partial charge in [0, 0.05) is 59.8 Å². The number of carboxylic acids is 1. The van der Waals surface area contributed by atoms with Crippen molar-refractivity contribution in [3.8, 4) is 0 Å². The summed E-state index contributed by atoms with van der Waals surface area (Å²) < 4.78 is 3.88. The van der Waals surface area contributed by atoms with E-state index in [1.807, 2.05) is 30.7 Å². The van der Waals surface area contributed by atoms with E-state index in [2.05, 4.69) is 39.8 Å². The lowest BCUT2D eigenvalue weighted by Crippen LogP contribution is -2.20. The van der Waals surface area contributed by atoms with Gasteiger partial charge in [-0.2, -0.15) is 25.3 Å². The quantitative estimate of drug-likeness (QED) is 0.415. The molecule has 3 rings (SSSR count). The van der Waals surface area contributed by atoms with Crippen molar-refractivity contribution in [2.24, 2.45) is 0 Å². The van der Waals surface area contributed by atoms with Crippen molar-refractivity contribution < 1.29 is 9.90 Å². The number of thiol groups is 2. The largest absolute Gasteiger partial charge is 0.480 e. The number of carbonyl (C=O) groups is 1. The van der Waals surface area contributed by atoms with Gasteiger partial charge < -0.3 is 14.2 Å². The number of benzene rings is 1. The van der Waals surface area contributed by atoms with E-state index in [4.69, 9.17) is 11.6 Å². The van der Waals surface area contributed by atoms with Crippen LogP contribution in [0.5, 0.6) is 0 Å². The number of hydrogen-bond acceptors (Lipinski definition) is 5. The van der Waals surface area contributed by atoms with Crippen molar-refractivity contribution in [3.05, 3.63) is 70.8 Å². The molecule has 1 aromatic carbocycles. The van der Waals surface area contributed by atoms with Crippen molar-refractivity contribution in [1.29, 1.82) is 0 Å². The van der Waals surface area contributed by atoms with E-state index in [0.717, 1.165) is 17.9 Å². The fraction of sp³-hybridized carbons (Fsp3) is 0.381. The van der Waals surface area contributed by atoms with E-state index in [0.29, 0.717) is 29.4 Å². The molecular weight excluding hydrogens is 440 g/mol. The standard InChI is InChI=1S/C21H25ClN4O2S2/c1-13(29)11-25-7-5-23-18(25)10-15-3-4-16(9-17(15)22)19(21(27)28)20-24-6-8-26(20)12-14(2)30/h3-9,13-14,19,29-30H,10-12H2,1-2H3,(H,27,28). The molecule has 0 amide bonds. The first-order valence-corrected chi connectivity index (χ1v) is 11.1. The van der Waals surface area contributed by atoms with Gasteiger partial charge in [-0.05, 0) is 17.2 Å². The molecule has 2 heterocycles. The smallest absolute Gasteiger partial charge is 0.318 e. The molecule has 2 aromatic heterocycles. The summed E-state index contributed by atoms with van der Waals surface area (Å²) in [5, 5.41) is 10.7. The predicted molar refractivity (Wildman–Crippen MR) is 125 cm³/mol. The number of aromatic nitrogens is 4. The fourth-order valence-corrected chi connectivity index (χ4v) is 4.04. The van der Waals surface area contributed by atoms with Crippen molar-refractivity contribution >= 4 is 42.8 Å². The molecule has 0 saturated carbocycles. The van der Waals surface area contributed by atoms with Gasteiger partial charge in [0.25, 0.3) is 0 Å². The maximum absolute atomic E-state index is 12.1. The predicted octanol–water partition coefficient (Wildman–Crippen LogP) is 4.18. The molecular formula is C21H25ClN4O2S2. The zero-order valence-corrected chi connectivity index (χ0v) is 19.4. The van der Waals surface area contributed by atoms with Gasteiger partial charge in [-0.3, -0.25) is 4.79 Å². The maximum Gasteiger partial charge on any atom is 0.318 e. The van der Waals surface area contributed by atoms with Crippen molar-refractivity contribution in [3.63, 3.8) is 0 Å². The number of rotatable bonds is 9. The number of nitrogens with zero attached hydrogens (tertiary/aromatic N) is 4. The lowest BCUT2D eigenvalue weighted by molar-refractivity contribution is -0.137. The number of hydrogen-bond donors (Lipinski definition) is 3. The summed E-state index contributed by atoms with van der Waals surface area (Å²) in [6, 6.07) is 5.39. The minimum atomic E-state index is -0.976. The summed E-state index contributed by atoms with van der Waals surface area (Å²) in [7, 11) is 0. The van der Waals surface area contributed by atoms with Crippen LogP contribution in [0.15, 0.2) is 43.0 Å². The molecule has 1 N–H and O–H groups in total. The molecule has 3 atom stereocenters. The van der Waals surface area contributed by atoms with E-state index in [9.17, 15) is 9.90 Å². The number of imidazole rings is 2. The molecule has 0 fully saturated rings. The summed E-state index contributed by atoms with van der Waals surface area (Å²) >= 11 is 15.4. The Morgan fingerprint density at radius 3 is 2.37 bits per heavy atom. The van der Waals surface area contributed by atoms with Crippen molar-refractivity contribution in [2.75, 3.05) is 0 Å². The molecule has 0 aliphatic heterocycles. The van der Waals surface area contributed by atoms with Crippen LogP contribution in [0.4, 0.5) is 0 Å². The van der Waals surface area contributed by atoms with Crippen LogP contribution in [0.25, 0.3) is 0 Å². The van der Waals surface area contributed by atoms with E-state index in [1.54, 1.807) is 30.7 Å². The highest BCUT2D eigenvalue weighted by Gasteiger charge is 2.27. The Labute approximate surface area is 192 Å². The van der Waals surface area contributed by atoms with E-state index in [-0.39, 0.29) is 10.5 Å². The third-order valence-corrected chi connectivity index (χ3v) is 5.41. The lowest BCUT2D eigenvalue weighted by atomic mass is 9.96. The maximum atomic E-state index is 12.1. The molecule has 6 nitrogen and oxygen atoms in total. The summed E-state index contributed by atoms with van der Waals surface area (Å²) in [5.41, 5.74) is 1.47. The second kappa shape index (κ2) is 9.94. The van der Waals surface area contributed by atoms with Crippen LogP contribution < -0.4 is 0 Å². The normalized spacial score (nSPS) is 14.4. The third-order valence-electron chi connectivity index (χ3n) is 4.74. The Morgan fingerprint density at radius 2 is 1.73 bits per heavy atom. The molecule has 0 aliphatic rings. The van der Waals surface area contributed by atoms with Gasteiger partial charge in [0.1, 0.15) is 17.6 Å². The zero-order chi connectivity index (χ0) is 21.8. The van der Waals surface area contributed by atoms with Gasteiger partial charge in [0.05, 0.1) is 0 Å². The number of carboxylic acid groups (broad SMARTS) is 1. The first-order chi connectivity index (χ1) is 14.3. The Hall–Kier alpha value is -1.90. The van der Waals surface area contributed by atoms with Gasteiger partial charge in [-0.25, -0.2) is 9.97 Å². The van der Waals surface area contributed by atoms with Crippen LogP contribution in [-0.2, 0) is 24.3 Å². The van der Waals surface area contributed by atoms with Gasteiger partial charge in [-0.1, -0.05) is 37.6 Å². The van der Waals surface area contributed by atoms with E-state index in [1.165, 1.54) is 0 Å².